The molecule has 1 saturated carbocycles. The van der Waals surface area contributed by atoms with Gasteiger partial charge in [0.1, 0.15) is 18.0 Å². The van der Waals surface area contributed by atoms with Gasteiger partial charge >= 0.3 is 0 Å². The van der Waals surface area contributed by atoms with Crippen molar-refractivity contribution in [3.8, 4) is 0 Å². The molecule has 1 aliphatic carbocycles. The Morgan fingerprint density at radius 3 is 2.89 bits per heavy atom. The van der Waals surface area contributed by atoms with Crippen LogP contribution in [0.3, 0.4) is 0 Å². The molecule has 4 heteroatoms. The molecule has 1 heterocycles. The van der Waals surface area contributed by atoms with Crippen molar-refractivity contribution in [1.82, 2.24) is 9.97 Å². The van der Waals surface area contributed by atoms with Gasteiger partial charge in [-0.25, -0.2) is 9.97 Å². The van der Waals surface area contributed by atoms with Crippen LogP contribution in [0.4, 0.5) is 11.6 Å². The monoisotopic (exact) mass is 248 g/mol. The van der Waals surface area contributed by atoms with Crippen LogP contribution in [0, 0.1) is 5.41 Å². The molecule has 0 amide bonds. The van der Waals surface area contributed by atoms with Gasteiger partial charge < -0.3 is 11.1 Å². The number of nitrogens with zero attached hydrogens (tertiary/aromatic N) is 2. The fourth-order valence-electron chi connectivity index (χ4n) is 2.91. The highest BCUT2D eigenvalue weighted by Gasteiger charge is 2.28. The SMILES string of the molecule is CCc1c(N)ncnc1NC1CCCC(C)(C)C1. The average Bonchev–Trinajstić information content (AvgIpc) is 2.28. The topological polar surface area (TPSA) is 63.8 Å². The van der Waals surface area contributed by atoms with Crippen LogP contribution >= 0.6 is 0 Å². The van der Waals surface area contributed by atoms with Gasteiger partial charge in [0.15, 0.2) is 0 Å². The molecular formula is C14H24N4. The maximum atomic E-state index is 5.90. The Hall–Kier alpha value is -1.32. The van der Waals surface area contributed by atoms with Crippen molar-refractivity contribution >= 4 is 11.6 Å². The first-order valence-electron chi connectivity index (χ1n) is 6.88. The molecule has 1 unspecified atom stereocenters. The van der Waals surface area contributed by atoms with E-state index >= 15 is 0 Å². The summed E-state index contributed by atoms with van der Waals surface area (Å²) in [6, 6.07) is 0.508. The summed E-state index contributed by atoms with van der Waals surface area (Å²) in [4.78, 5) is 8.41. The molecule has 18 heavy (non-hydrogen) atoms. The Kier molecular flexibility index (Phi) is 3.73. The van der Waals surface area contributed by atoms with Gasteiger partial charge in [-0.2, -0.15) is 0 Å². The largest absolute Gasteiger partial charge is 0.383 e. The Balaban J connectivity index is 2.12. The number of nitrogens with two attached hydrogens (primary N) is 1. The Bertz CT molecular complexity index is 414. The van der Waals surface area contributed by atoms with E-state index in [1.54, 1.807) is 6.33 Å². The summed E-state index contributed by atoms with van der Waals surface area (Å²) in [6.45, 7) is 6.77. The third kappa shape index (κ3) is 2.92. The zero-order valence-electron chi connectivity index (χ0n) is 11.7. The number of nitrogens with one attached hydrogen (secondary N) is 1. The fourth-order valence-corrected chi connectivity index (χ4v) is 2.91. The molecule has 1 aliphatic rings. The van der Waals surface area contributed by atoms with E-state index in [0.717, 1.165) is 17.8 Å². The third-order valence-electron chi connectivity index (χ3n) is 3.88. The predicted molar refractivity (Wildman–Crippen MR) is 75.5 cm³/mol. The minimum Gasteiger partial charge on any atom is -0.383 e. The molecule has 1 fully saturated rings. The highest BCUT2D eigenvalue weighted by molar-refractivity contribution is 5.55. The molecule has 0 aliphatic heterocycles. The number of hydrogen-bond donors (Lipinski definition) is 2. The molecule has 0 radical (unpaired) electrons. The van der Waals surface area contributed by atoms with Gasteiger partial charge in [0.25, 0.3) is 0 Å². The molecule has 1 atom stereocenters. The first-order chi connectivity index (χ1) is 8.52. The highest BCUT2D eigenvalue weighted by atomic mass is 15.1. The number of rotatable bonds is 3. The number of hydrogen-bond acceptors (Lipinski definition) is 4. The second-order valence-electron chi connectivity index (χ2n) is 6.04. The second kappa shape index (κ2) is 5.12. The summed E-state index contributed by atoms with van der Waals surface area (Å²) < 4.78 is 0. The molecule has 0 aromatic carbocycles. The summed E-state index contributed by atoms with van der Waals surface area (Å²) >= 11 is 0. The molecule has 2 rings (SSSR count). The highest BCUT2D eigenvalue weighted by Crippen LogP contribution is 2.36. The van der Waals surface area contributed by atoms with E-state index < -0.39 is 0 Å². The Morgan fingerprint density at radius 2 is 2.22 bits per heavy atom. The lowest BCUT2D eigenvalue weighted by Gasteiger charge is -2.36. The normalized spacial score (nSPS) is 22.7. The van der Waals surface area contributed by atoms with E-state index in [1.165, 1.54) is 25.7 Å². The predicted octanol–water partition coefficient (Wildman–Crippen LogP) is 3.00. The van der Waals surface area contributed by atoms with Crippen molar-refractivity contribution < 1.29 is 0 Å². The summed E-state index contributed by atoms with van der Waals surface area (Å²) in [7, 11) is 0. The first-order valence-corrected chi connectivity index (χ1v) is 6.88. The Labute approximate surface area is 109 Å². The van der Waals surface area contributed by atoms with E-state index in [4.69, 9.17) is 5.73 Å². The molecule has 0 bridgehead atoms. The quantitative estimate of drug-likeness (QED) is 0.863. The molecule has 0 spiro atoms. The van der Waals surface area contributed by atoms with Crippen LogP contribution in [0.25, 0.3) is 0 Å². The zero-order valence-corrected chi connectivity index (χ0v) is 11.7. The summed E-state index contributed by atoms with van der Waals surface area (Å²) in [5.41, 5.74) is 7.37. The number of nitrogen functional groups attached to an aromatic ring is 1. The maximum Gasteiger partial charge on any atom is 0.134 e. The van der Waals surface area contributed by atoms with Crippen molar-refractivity contribution in [2.24, 2.45) is 5.41 Å². The fraction of sp³-hybridized carbons (Fsp3) is 0.714. The standard InChI is InChI=1S/C14H24N4/c1-4-11-12(15)16-9-17-13(11)18-10-6-5-7-14(2,3)8-10/h9-10H,4-8H2,1-3H3,(H3,15,16,17,18). The maximum absolute atomic E-state index is 5.90. The van der Waals surface area contributed by atoms with Gasteiger partial charge in [0, 0.05) is 11.6 Å². The first kappa shape index (κ1) is 13.1. The number of anilines is 2. The minimum atomic E-state index is 0.431. The molecule has 100 valence electrons. The lowest BCUT2D eigenvalue weighted by atomic mass is 9.75. The molecular weight excluding hydrogens is 224 g/mol. The summed E-state index contributed by atoms with van der Waals surface area (Å²) in [5, 5.41) is 3.57. The molecule has 1 aromatic rings. The zero-order chi connectivity index (χ0) is 13.2. The van der Waals surface area contributed by atoms with E-state index in [9.17, 15) is 0 Å². The van der Waals surface area contributed by atoms with Gasteiger partial charge in [-0.05, 0) is 31.1 Å². The average molecular weight is 248 g/mol. The van der Waals surface area contributed by atoms with Crippen molar-refractivity contribution in [3.63, 3.8) is 0 Å². The number of aromatic nitrogens is 2. The van der Waals surface area contributed by atoms with Crippen LogP contribution < -0.4 is 11.1 Å². The molecule has 4 nitrogen and oxygen atoms in total. The summed E-state index contributed by atoms with van der Waals surface area (Å²) in [6.07, 6.45) is 7.43. The second-order valence-corrected chi connectivity index (χ2v) is 6.04. The van der Waals surface area contributed by atoms with Crippen molar-refractivity contribution in [2.75, 3.05) is 11.1 Å². The Morgan fingerprint density at radius 1 is 1.44 bits per heavy atom. The van der Waals surface area contributed by atoms with Crippen LogP contribution in [-0.2, 0) is 6.42 Å². The van der Waals surface area contributed by atoms with E-state index in [1.807, 2.05) is 0 Å². The van der Waals surface area contributed by atoms with Crippen LogP contribution in [0.2, 0.25) is 0 Å². The molecule has 3 N–H and O–H groups in total. The van der Waals surface area contributed by atoms with Gasteiger partial charge in [-0.3, -0.25) is 0 Å². The van der Waals surface area contributed by atoms with Crippen molar-refractivity contribution in [2.45, 2.75) is 58.9 Å². The van der Waals surface area contributed by atoms with Crippen molar-refractivity contribution in [1.29, 1.82) is 0 Å². The third-order valence-corrected chi connectivity index (χ3v) is 3.88. The minimum absolute atomic E-state index is 0.431. The lowest BCUT2D eigenvalue weighted by Crippen LogP contribution is -2.32. The molecule has 1 aromatic heterocycles. The van der Waals surface area contributed by atoms with Crippen LogP contribution in [0.1, 0.15) is 52.0 Å². The van der Waals surface area contributed by atoms with Gasteiger partial charge in [-0.15, -0.1) is 0 Å². The lowest BCUT2D eigenvalue weighted by molar-refractivity contribution is 0.229. The van der Waals surface area contributed by atoms with Gasteiger partial charge in [0.2, 0.25) is 0 Å². The van der Waals surface area contributed by atoms with E-state index in [-0.39, 0.29) is 0 Å². The smallest absolute Gasteiger partial charge is 0.134 e. The van der Waals surface area contributed by atoms with E-state index in [0.29, 0.717) is 17.3 Å². The van der Waals surface area contributed by atoms with Gasteiger partial charge in [0.05, 0.1) is 0 Å². The molecule has 0 saturated heterocycles. The van der Waals surface area contributed by atoms with Crippen LogP contribution in [0.15, 0.2) is 6.33 Å². The summed E-state index contributed by atoms with van der Waals surface area (Å²) in [5.74, 6) is 1.53. The van der Waals surface area contributed by atoms with Crippen LogP contribution in [0.5, 0.6) is 0 Å². The van der Waals surface area contributed by atoms with E-state index in [2.05, 4.69) is 36.1 Å². The van der Waals surface area contributed by atoms with Crippen molar-refractivity contribution in [3.05, 3.63) is 11.9 Å². The van der Waals surface area contributed by atoms with Crippen LogP contribution in [-0.4, -0.2) is 16.0 Å². The van der Waals surface area contributed by atoms with Gasteiger partial charge in [-0.1, -0.05) is 27.2 Å².